The zero-order valence-corrected chi connectivity index (χ0v) is 60.9. The van der Waals surface area contributed by atoms with Gasteiger partial charge >= 0.3 is 0 Å². The summed E-state index contributed by atoms with van der Waals surface area (Å²) in [6.45, 7) is 0. The predicted molar refractivity (Wildman–Crippen MR) is 467 cm³/mol. The summed E-state index contributed by atoms with van der Waals surface area (Å²) in [7, 11) is 0. The molecule has 0 bridgehead atoms. The molecule has 21 rings (SSSR count). The molecule has 0 unspecified atom stereocenters. The number of hydrogen-bond acceptors (Lipinski definition) is 6. The number of benzene rings is 19. The first-order valence-corrected chi connectivity index (χ1v) is 37.9. The van der Waals surface area contributed by atoms with Crippen molar-refractivity contribution in [3.05, 3.63) is 413 Å². The molecule has 522 valence electrons. The standard InChI is InChI=1S/C57H37N3.C49H31N3/c1-2-13-38(14-3-1)42-19-10-21-49(36-42)55-58-56(50-22-11-20-47(37-50)52-26-12-18-40-16-6-7-23-51(40)52)60-57(59-55)54-25-9-8-24-53(54)48-32-31-45-34-44(29-30-46(45)35-48)43-28-27-39-15-4-5-17-41(39)33-43;1-2-13-35(14-3-1)47-50-48(52-49(51-47)45-20-10-16-34-23-22-33-12-6-7-18-43(33)46(34)45)44-19-9-8-17-42(44)41-28-27-39-30-38(25-26-40(39)31-41)37-24-21-32-11-4-5-15-36(32)29-37/h1-37H;1-31H. The van der Waals surface area contributed by atoms with Crippen LogP contribution in [0.2, 0.25) is 0 Å². The molecule has 6 nitrogen and oxygen atoms in total. The van der Waals surface area contributed by atoms with E-state index < -0.39 is 0 Å². The minimum Gasteiger partial charge on any atom is -0.208 e. The van der Waals surface area contributed by atoms with Crippen LogP contribution in [0.25, 0.3) is 210 Å². The largest absolute Gasteiger partial charge is 0.208 e. The van der Waals surface area contributed by atoms with Crippen molar-refractivity contribution in [3.8, 4) is 135 Å². The van der Waals surface area contributed by atoms with Gasteiger partial charge in [0.15, 0.2) is 34.9 Å². The molecule has 0 aliphatic carbocycles. The number of nitrogens with zero attached hydrogens (tertiary/aromatic N) is 6. The lowest BCUT2D eigenvalue weighted by atomic mass is 9.94. The van der Waals surface area contributed by atoms with Crippen LogP contribution in [0.5, 0.6) is 0 Å². The highest BCUT2D eigenvalue weighted by molar-refractivity contribution is 6.14. The van der Waals surface area contributed by atoms with Crippen LogP contribution >= 0.6 is 0 Å². The Bertz CT molecular complexity index is 7210. The second-order valence-electron chi connectivity index (χ2n) is 28.5. The Morgan fingerprint density at radius 2 is 0.384 bits per heavy atom. The van der Waals surface area contributed by atoms with Gasteiger partial charge in [-0.3, -0.25) is 0 Å². The maximum absolute atomic E-state index is 5.27. The third-order valence-corrected chi connectivity index (χ3v) is 21.6. The van der Waals surface area contributed by atoms with Crippen molar-refractivity contribution >= 4 is 75.4 Å². The van der Waals surface area contributed by atoms with E-state index in [9.17, 15) is 0 Å². The lowest BCUT2D eigenvalue weighted by Crippen LogP contribution is -2.01. The molecule has 0 aliphatic heterocycles. The van der Waals surface area contributed by atoms with Gasteiger partial charge in [0.05, 0.1) is 0 Å². The number of fused-ring (bicyclic) bond motifs is 8. The molecule has 6 heteroatoms. The monoisotopic (exact) mass is 1420 g/mol. The average Bonchev–Trinajstić information content (AvgIpc) is 0.772. The smallest absolute Gasteiger partial charge is 0.164 e. The summed E-state index contributed by atoms with van der Waals surface area (Å²) in [5, 5.41) is 16.8. The van der Waals surface area contributed by atoms with Crippen molar-refractivity contribution in [2.45, 2.75) is 0 Å². The van der Waals surface area contributed by atoms with E-state index >= 15 is 0 Å². The van der Waals surface area contributed by atoms with Crippen molar-refractivity contribution in [1.29, 1.82) is 0 Å². The molecule has 0 saturated carbocycles. The summed E-state index contributed by atoms with van der Waals surface area (Å²) < 4.78 is 0. The molecule has 0 N–H and O–H groups in total. The SMILES string of the molecule is c1ccc(-c2cccc(-c3nc(-c4cccc(-c5cccc6ccccc56)c4)nc(-c4ccccc4-c4ccc5cc(-c6ccc7ccccc7c6)ccc5c4)n3)c2)cc1.c1ccc(-c2nc(-c3ccccc3-c3ccc4cc(-c5ccc6ccccc6c5)ccc4c3)nc(-c3cccc4ccc5ccccc5c34)n2)cc1. The fourth-order valence-electron chi connectivity index (χ4n) is 15.9. The first-order chi connectivity index (χ1) is 55.4. The number of rotatable bonds is 12. The molecular formula is C106H68N6. The van der Waals surface area contributed by atoms with Gasteiger partial charge in [-0.15, -0.1) is 0 Å². The highest BCUT2D eigenvalue weighted by Crippen LogP contribution is 2.42. The third-order valence-electron chi connectivity index (χ3n) is 21.6. The second kappa shape index (κ2) is 29.0. The van der Waals surface area contributed by atoms with E-state index in [4.69, 9.17) is 29.9 Å². The molecule has 112 heavy (non-hydrogen) atoms. The first-order valence-electron chi connectivity index (χ1n) is 37.9. The third kappa shape index (κ3) is 13.0. The molecule has 0 aliphatic rings. The molecular weight excluding hydrogens is 1360 g/mol. The van der Waals surface area contributed by atoms with Crippen LogP contribution < -0.4 is 0 Å². The second-order valence-corrected chi connectivity index (χ2v) is 28.5. The summed E-state index contributed by atoms with van der Waals surface area (Å²) in [6, 6.07) is 146. The van der Waals surface area contributed by atoms with Crippen LogP contribution in [0.1, 0.15) is 0 Å². The van der Waals surface area contributed by atoms with E-state index in [0.29, 0.717) is 34.9 Å². The highest BCUT2D eigenvalue weighted by Gasteiger charge is 2.21. The molecule has 0 fully saturated rings. The molecule has 0 spiro atoms. The molecule has 0 radical (unpaired) electrons. The Labute approximate surface area is 648 Å². The highest BCUT2D eigenvalue weighted by atomic mass is 15.0. The van der Waals surface area contributed by atoms with Gasteiger partial charge in [-0.2, -0.15) is 0 Å². The van der Waals surface area contributed by atoms with E-state index in [2.05, 4.69) is 388 Å². The van der Waals surface area contributed by atoms with Crippen LogP contribution in [-0.4, -0.2) is 29.9 Å². The fourth-order valence-corrected chi connectivity index (χ4v) is 15.9. The normalized spacial score (nSPS) is 11.4. The van der Waals surface area contributed by atoms with Crippen molar-refractivity contribution < 1.29 is 0 Å². The first kappa shape index (κ1) is 66.5. The number of hydrogen-bond donors (Lipinski definition) is 0. The maximum Gasteiger partial charge on any atom is 0.164 e. The zero-order valence-electron chi connectivity index (χ0n) is 60.9. The van der Waals surface area contributed by atoms with E-state index in [-0.39, 0.29) is 0 Å². The molecule has 0 amide bonds. The Morgan fingerprint density at radius 3 is 0.920 bits per heavy atom. The van der Waals surface area contributed by atoms with Gasteiger partial charge in [0, 0.05) is 38.8 Å². The minimum atomic E-state index is 0.622. The van der Waals surface area contributed by atoms with E-state index in [1.165, 1.54) is 92.5 Å². The minimum absolute atomic E-state index is 0.622. The molecule has 21 aromatic rings. The summed E-state index contributed by atoms with van der Waals surface area (Å²) in [6.07, 6.45) is 0. The van der Waals surface area contributed by atoms with E-state index in [1.54, 1.807) is 0 Å². The molecule has 2 aromatic heterocycles. The summed E-state index contributed by atoms with van der Waals surface area (Å²) in [4.78, 5) is 31.2. The van der Waals surface area contributed by atoms with Gasteiger partial charge in [0.1, 0.15) is 0 Å². The van der Waals surface area contributed by atoms with Gasteiger partial charge in [0.25, 0.3) is 0 Å². The number of aromatic nitrogens is 6. The van der Waals surface area contributed by atoms with Gasteiger partial charge in [0.2, 0.25) is 0 Å². The molecule has 0 saturated heterocycles. The Morgan fingerprint density at radius 1 is 0.116 bits per heavy atom. The maximum atomic E-state index is 5.27. The van der Waals surface area contributed by atoms with Crippen molar-refractivity contribution in [1.82, 2.24) is 29.9 Å². The average molecular weight is 1430 g/mol. The van der Waals surface area contributed by atoms with Crippen molar-refractivity contribution in [2.75, 3.05) is 0 Å². The Kier molecular flexibility index (Phi) is 17.2. The summed E-state index contributed by atoms with van der Waals surface area (Å²) in [5.41, 5.74) is 19.4. The van der Waals surface area contributed by atoms with Gasteiger partial charge in [-0.05, 0) is 185 Å². The summed E-state index contributed by atoms with van der Waals surface area (Å²) >= 11 is 0. The fraction of sp³-hybridized carbons (Fsp3) is 0. The van der Waals surface area contributed by atoms with Gasteiger partial charge in [-0.25, -0.2) is 29.9 Å². The molecule has 19 aromatic carbocycles. The van der Waals surface area contributed by atoms with Gasteiger partial charge < -0.3 is 0 Å². The van der Waals surface area contributed by atoms with E-state index in [0.717, 1.165) is 83.1 Å². The zero-order chi connectivity index (χ0) is 74.3. The summed E-state index contributed by atoms with van der Waals surface area (Å²) in [5.74, 6) is 3.81. The van der Waals surface area contributed by atoms with Crippen molar-refractivity contribution in [3.63, 3.8) is 0 Å². The van der Waals surface area contributed by atoms with Gasteiger partial charge in [-0.1, -0.05) is 364 Å². The predicted octanol–water partition coefficient (Wildman–Crippen LogP) is 27.8. The molecule has 2 heterocycles. The van der Waals surface area contributed by atoms with Crippen LogP contribution in [0.4, 0.5) is 0 Å². The van der Waals surface area contributed by atoms with Crippen LogP contribution in [0, 0.1) is 0 Å². The van der Waals surface area contributed by atoms with Crippen LogP contribution in [-0.2, 0) is 0 Å². The topological polar surface area (TPSA) is 77.3 Å². The Balaban J connectivity index is 0.000000147. The van der Waals surface area contributed by atoms with Crippen LogP contribution in [0.15, 0.2) is 413 Å². The molecule has 0 atom stereocenters. The lowest BCUT2D eigenvalue weighted by Gasteiger charge is -2.14. The quantitative estimate of drug-likeness (QED) is 0.113. The van der Waals surface area contributed by atoms with Crippen LogP contribution in [0.3, 0.4) is 0 Å². The lowest BCUT2D eigenvalue weighted by molar-refractivity contribution is 1.07. The Hall–Kier alpha value is -15.0. The van der Waals surface area contributed by atoms with E-state index in [1.807, 2.05) is 24.3 Å². The van der Waals surface area contributed by atoms with Crippen molar-refractivity contribution in [2.24, 2.45) is 0 Å².